The van der Waals surface area contributed by atoms with Crippen molar-refractivity contribution >= 4 is 35.1 Å². The number of esters is 1. The molecule has 2 rings (SSSR count). The standard InChI is InChI=1S/C18H17Cl2NO3/c1-24-17(22)10-11-21(12-13-6-2-4-8-15(13)19)18(23)14-7-3-5-9-16(14)20/h2-9H,10-12H2,1H3. The zero-order chi connectivity index (χ0) is 17.5. The third kappa shape index (κ3) is 4.73. The molecule has 0 N–H and O–H groups in total. The van der Waals surface area contributed by atoms with E-state index in [2.05, 4.69) is 4.74 Å². The molecular formula is C18H17Cl2NO3. The second kappa shape index (κ2) is 8.71. The SMILES string of the molecule is COC(=O)CCN(Cc1ccccc1Cl)C(=O)c1ccccc1Cl. The molecule has 0 aliphatic heterocycles. The summed E-state index contributed by atoms with van der Waals surface area (Å²) < 4.78 is 4.65. The molecule has 0 atom stereocenters. The number of ether oxygens (including phenoxy) is 1. The maximum Gasteiger partial charge on any atom is 0.307 e. The molecule has 0 aromatic heterocycles. The average Bonchev–Trinajstić information content (AvgIpc) is 2.59. The van der Waals surface area contributed by atoms with Crippen LogP contribution < -0.4 is 0 Å². The van der Waals surface area contributed by atoms with Gasteiger partial charge in [0.2, 0.25) is 0 Å². The van der Waals surface area contributed by atoms with Crippen LogP contribution in [-0.4, -0.2) is 30.4 Å². The first-order valence-electron chi connectivity index (χ1n) is 7.37. The van der Waals surface area contributed by atoms with E-state index in [9.17, 15) is 9.59 Å². The Labute approximate surface area is 150 Å². The summed E-state index contributed by atoms with van der Waals surface area (Å²) in [4.78, 5) is 25.8. The van der Waals surface area contributed by atoms with Crippen molar-refractivity contribution in [3.63, 3.8) is 0 Å². The molecule has 6 heteroatoms. The van der Waals surface area contributed by atoms with Gasteiger partial charge in [0, 0.05) is 18.1 Å². The van der Waals surface area contributed by atoms with Gasteiger partial charge in [0.25, 0.3) is 5.91 Å². The van der Waals surface area contributed by atoms with E-state index in [1.807, 2.05) is 18.2 Å². The minimum atomic E-state index is -0.383. The van der Waals surface area contributed by atoms with Gasteiger partial charge >= 0.3 is 5.97 Å². The smallest absolute Gasteiger partial charge is 0.307 e. The Morgan fingerprint density at radius 2 is 1.62 bits per heavy atom. The second-order valence-electron chi connectivity index (χ2n) is 5.12. The third-order valence-corrected chi connectivity index (χ3v) is 4.22. The summed E-state index contributed by atoms with van der Waals surface area (Å²) in [5, 5.41) is 0.928. The lowest BCUT2D eigenvalue weighted by Gasteiger charge is -2.23. The highest BCUT2D eigenvalue weighted by atomic mass is 35.5. The van der Waals surface area contributed by atoms with Gasteiger partial charge in [0.05, 0.1) is 24.1 Å². The van der Waals surface area contributed by atoms with Gasteiger partial charge in [-0.25, -0.2) is 0 Å². The lowest BCUT2D eigenvalue weighted by molar-refractivity contribution is -0.140. The van der Waals surface area contributed by atoms with Crippen LogP contribution in [0, 0.1) is 0 Å². The minimum absolute atomic E-state index is 0.0944. The van der Waals surface area contributed by atoms with Crippen molar-refractivity contribution in [2.24, 2.45) is 0 Å². The number of rotatable bonds is 6. The molecule has 126 valence electrons. The molecular weight excluding hydrogens is 349 g/mol. The molecule has 0 bridgehead atoms. The average molecular weight is 366 g/mol. The van der Waals surface area contributed by atoms with Gasteiger partial charge < -0.3 is 9.64 Å². The van der Waals surface area contributed by atoms with Crippen molar-refractivity contribution in [3.8, 4) is 0 Å². The molecule has 0 unspecified atom stereocenters. The number of hydrogen-bond donors (Lipinski definition) is 0. The van der Waals surface area contributed by atoms with Gasteiger partial charge in [-0.3, -0.25) is 9.59 Å². The number of carbonyl (C=O) groups excluding carboxylic acids is 2. The van der Waals surface area contributed by atoms with E-state index in [0.717, 1.165) is 5.56 Å². The molecule has 1 amide bonds. The Morgan fingerprint density at radius 3 is 2.25 bits per heavy atom. The van der Waals surface area contributed by atoms with Gasteiger partial charge in [0.1, 0.15) is 0 Å². The number of methoxy groups -OCH3 is 1. The summed E-state index contributed by atoms with van der Waals surface area (Å²) in [7, 11) is 1.32. The molecule has 0 aliphatic rings. The summed E-state index contributed by atoms with van der Waals surface area (Å²) in [6.07, 6.45) is 0.0944. The van der Waals surface area contributed by atoms with Crippen LogP contribution in [0.1, 0.15) is 22.3 Å². The highest BCUT2D eigenvalue weighted by molar-refractivity contribution is 6.33. The number of nitrogens with zero attached hydrogens (tertiary/aromatic N) is 1. The van der Waals surface area contributed by atoms with Crippen molar-refractivity contribution in [2.75, 3.05) is 13.7 Å². The van der Waals surface area contributed by atoms with E-state index in [1.165, 1.54) is 7.11 Å². The van der Waals surface area contributed by atoms with Gasteiger partial charge in [-0.2, -0.15) is 0 Å². The van der Waals surface area contributed by atoms with Crippen LogP contribution in [0.25, 0.3) is 0 Å². The fourth-order valence-corrected chi connectivity index (χ4v) is 2.63. The molecule has 0 saturated heterocycles. The first-order chi connectivity index (χ1) is 11.5. The number of benzene rings is 2. The molecule has 4 nitrogen and oxygen atoms in total. The minimum Gasteiger partial charge on any atom is -0.469 e. The molecule has 0 spiro atoms. The van der Waals surface area contributed by atoms with E-state index in [1.54, 1.807) is 35.2 Å². The van der Waals surface area contributed by atoms with Crippen LogP contribution in [0.15, 0.2) is 48.5 Å². The lowest BCUT2D eigenvalue weighted by Crippen LogP contribution is -2.33. The third-order valence-electron chi connectivity index (χ3n) is 3.52. The largest absolute Gasteiger partial charge is 0.469 e. The summed E-state index contributed by atoms with van der Waals surface area (Å²) in [6.45, 7) is 0.489. The highest BCUT2D eigenvalue weighted by Gasteiger charge is 2.20. The monoisotopic (exact) mass is 365 g/mol. The fraction of sp³-hybridized carbons (Fsp3) is 0.222. The van der Waals surface area contributed by atoms with Gasteiger partial charge in [-0.05, 0) is 23.8 Å². The van der Waals surface area contributed by atoms with Crippen LogP contribution in [0.3, 0.4) is 0 Å². The normalized spacial score (nSPS) is 10.3. The van der Waals surface area contributed by atoms with Crippen molar-refractivity contribution in [1.82, 2.24) is 4.90 Å². The molecule has 2 aromatic carbocycles. The molecule has 0 heterocycles. The second-order valence-corrected chi connectivity index (χ2v) is 5.94. The Balaban J connectivity index is 2.25. The summed E-state index contributed by atoms with van der Waals surface area (Å²) in [5.74, 6) is -0.643. The van der Waals surface area contributed by atoms with Crippen LogP contribution in [0.2, 0.25) is 10.0 Å². The Bertz CT molecular complexity index is 734. The molecule has 2 aromatic rings. The van der Waals surface area contributed by atoms with Crippen molar-refractivity contribution in [1.29, 1.82) is 0 Å². The quantitative estimate of drug-likeness (QED) is 0.720. The maximum absolute atomic E-state index is 12.8. The van der Waals surface area contributed by atoms with Crippen molar-refractivity contribution in [2.45, 2.75) is 13.0 Å². The summed E-state index contributed by atoms with van der Waals surface area (Å²) in [6, 6.07) is 14.1. The van der Waals surface area contributed by atoms with Crippen molar-refractivity contribution in [3.05, 3.63) is 69.7 Å². The van der Waals surface area contributed by atoms with E-state index in [-0.39, 0.29) is 31.4 Å². The lowest BCUT2D eigenvalue weighted by atomic mass is 10.1. The molecule has 0 aliphatic carbocycles. The number of carbonyl (C=O) groups is 2. The van der Waals surface area contributed by atoms with Gasteiger partial charge in [-0.1, -0.05) is 53.5 Å². The predicted molar refractivity (Wildman–Crippen MR) is 94.3 cm³/mol. The predicted octanol–water partition coefficient (Wildman–Crippen LogP) is 4.20. The molecule has 0 radical (unpaired) electrons. The van der Waals surface area contributed by atoms with Gasteiger partial charge in [0.15, 0.2) is 0 Å². The Morgan fingerprint density at radius 1 is 1.00 bits per heavy atom. The van der Waals surface area contributed by atoms with Crippen LogP contribution in [0.5, 0.6) is 0 Å². The summed E-state index contributed by atoms with van der Waals surface area (Å²) >= 11 is 12.3. The van der Waals surface area contributed by atoms with E-state index in [0.29, 0.717) is 15.6 Å². The van der Waals surface area contributed by atoms with E-state index < -0.39 is 0 Å². The topological polar surface area (TPSA) is 46.6 Å². The van der Waals surface area contributed by atoms with Crippen LogP contribution in [0.4, 0.5) is 0 Å². The Hall–Kier alpha value is -2.04. The van der Waals surface area contributed by atoms with E-state index >= 15 is 0 Å². The maximum atomic E-state index is 12.8. The molecule has 0 fully saturated rings. The molecule has 24 heavy (non-hydrogen) atoms. The first kappa shape index (κ1) is 18.3. The number of hydrogen-bond acceptors (Lipinski definition) is 3. The number of amides is 1. The zero-order valence-corrected chi connectivity index (χ0v) is 14.7. The number of halogens is 2. The Kier molecular flexibility index (Phi) is 6.64. The highest BCUT2D eigenvalue weighted by Crippen LogP contribution is 2.21. The fourth-order valence-electron chi connectivity index (χ4n) is 2.22. The van der Waals surface area contributed by atoms with Crippen LogP contribution in [-0.2, 0) is 16.1 Å². The molecule has 0 saturated carbocycles. The van der Waals surface area contributed by atoms with Crippen LogP contribution >= 0.6 is 23.2 Å². The zero-order valence-electron chi connectivity index (χ0n) is 13.2. The summed E-state index contributed by atoms with van der Waals surface area (Å²) in [5.41, 5.74) is 1.18. The first-order valence-corrected chi connectivity index (χ1v) is 8.12. The van der Waals surface area contributed by atoms with E-state index in [4.69, 9.17) is 23.2 Å². The van der Waals surface area contributed by atoms with Gasteiger partial charge in [-0.15, -0.1) is 0 Å². The van der Waals surface area contributed by atoms with Crippen molar-refractivity contribution < 1.29 is 14.3 Å².